The highest BCUT2D eigenvalue weighted by Crippen LogP contribution is 2.23. The van der Waals surface area contributed by atoms with Crippen molar-refractivity contribution >= 4 is 11.5 Å². The van der Waals surface area contributed by atoms with Gasteiger partial charge < -0.3 is 10.5 Å². The van der Waals surface area contributed by atoms with Crippen LogP contribution in [0.5, 0.6) is 5.75 Å². The molecule has 2 N–H and O–H groups in total. The van der Waals surface area contributed by atoms with E-state index in [1.54, 1.807) is 18.2 Å². The molecule has 0 aliphatic rings. The van der Waals surface area contributed by atoms with Crippen molar-refractivity contribution < 1.29 is 9.53 Å². The SMILES string of the molecule is CCCCOc1ccc(C(=O)CCC)cc1N. The minimum absolute atomic E-state index is 0.138. The second-order valence-electron chi connectivity index (χ2n) is 4.13. The van der Waals surface area contributed by atoms with E-state index in [1.165, 1.54) is 0 Å². The molecule has 0 fully saturated rings. The van der Waals surface area contributed by atoms with Crippen LogP contribution in [0.15, 0.2) is 18.2 Å². The number of carbonyl (C=O) groups excluding carboxylic acids is 1. The number of ketones is 1. The quantitative estimate of drug-likeness (QED) is 0.447. The van der Waals surface area contributed by atoms with Crippen molar-refractivity contribution in [3.05, 3.63) is 23.8 Å². The lowest BCUT2D eigenvalue weighted by Gasteiger charge is -2.09. The second kappa shape index (κ2) is 6.94. The summed E-state index contributed by atoms with van der Waals surface area (Å²) in [6, 6.07) is 5.28. The van der Waals surface area contributed by atoms with Gasteiger partial charge in [-0.2, -0.15) is 0 Å². The number of hydrogen-bond donors (Lipinski definition) is 1. The Morgan fingerprint density at radius 2 is 2.06 bits per heavy atom. The summed E-state index contributed by atoms with van der Waals surface area (Å²) in [6.45, 7) is 4.77. The summed E-state index contributed by atoms with van der Waals surface area (Å²) in [5.74, 6) is 0.811. The van der Waals surface area contributed by atoms with E-state index in [0.717, 1.165) is 19.3 Å². The van der Waals surface area contributed by atoms with Crippen molar-refractivity contribution in [3.8, 4) is 5.75 Å². The maximum atomic E-state index is 11.7. The Balaban J connectivity index is 2.68. The normalized spacial score (nSPS) is 10.2. The van der Waals surface area contributed by atoms with Gasteiger partial charge in [-0.1, -0.05) is 20.3 Å². The number of nitrogen functional groups attached to an aromatic ring is 1. The maximum absolute atomic E-state index is 11.7. The molecule has 3 nitrogen and oxygen atoms in total. The molecule has 0 aliphatic heterocycles. The molecule has 1 rings (SSSR count). The molecule has 0 saturated carbocycles. The molecular formula is C14H21NO2. The lowest BCUT2D eigenvalue weighted by atomic mass is 10.1. The summed E-state index contributed by atoms with van der Waals surface area (Å²) in [5, 5.41) is 0. The number of carbonyl (C=O) groups is 1. The molecular weight excluding hydrogens is 214 g/mol. The van der Waals surface area contributed by atoms with Gasteiger partial charge >= 0.3 is 0 Å². The van der Waals surface area contributed by atoms with Gasteiger partial charge in [-0.05, 0) is 31.0 Å². The average Bonchev–Trinajstić information content (AvgIpc) is 2.31. The molecule has 94 valence electrons. The second-order valence-corrected chi connectivity index (χ2v) is 4.13. The molecule has 0 radical (unpaired) electrons. The molecule has 0 aliphatic carbocycles. The smallest absolute Gasteiger partial charge is 0.162 e. The Morgan fingerprint density at radius 1 is 1.29 bits per heavy atom. The Bertz CT molecular complexity index is 374. The third-order valence-corrected chi connectivity index (χ3v) is 2.56. The van der Waals surface area contributed by atoms with Gasteiger partial charge in [0.15, 0.2) is 5.78 Å². The highest BCUT2D eigenvalue weighted by molar-refractivity contribution is 5.97. The number of hydrogen-bond acceptors (Lipinski definition) is 3. The summed E-state index contributed by atoms with van der Waals surface area (Å²) < 4.78 is 5.54. The van der Waals surface area contributed by atoms with Crippen molar-refractivity contribution in [2.24, 2.45) is 0 Å². The minimum Gasteiger partial charge on any atom is -0.491 e. The summed E-state index contributed by atoms with van der Waals surface area (Å²) in [7, 11) is 0. The fourth-order valence-electron chi connectivity index (χ4n) is 1.55. The van der Waals surface area contributed by atoms with Crippen LogP contribution in [0.4, 0.5) is 5.69 Å². The predicted octanol–water partition coefficient (Wildman–Crippen LogP) is 3.43. The number of ether oxygens (including phenoxy) is 1. The van der Waals surface area contributed by atoms with E-state index in [-0.39, 0.29) is 5.78 Å². The van der Waals surface area contributed by atoms with E-state index < -0.39 is 0 Å². The first-order valence-corrected chi connectivity index (χ1v) is 6.24. The maximum Gasteiger partial charge on any atom is 0.162 e. The topological polar surface area (TPSA) is 52.3 Å². The van der Waals surface area contributed by atoms with Crippen LogP contribution in [-0.4, -0.2) is 12.4 Å². The van der Waals surface area contributed by atoms with Crippen molar-refractivity contribution in [2.75, 3.05) is 12.3 Å². The average molecular weight is 235 g/mol. The summed E-state index contributed by atoms with van der Waals surface area (Å²) in [5.41, 5.74) is 7.08. The van der Waals surface area contributed by atoms with Gasteiger partial charge in [0.05, 0.1) is 12.3 Å². The standard InChI is InChI=1S/C14H21NO2/c1-3-5-9-17-14-8-7-11(10-12(14)15)13(16)6-4-2/h7-8,10H,3-6,9,15H2,1-2H3. The van der Waals surface area contributed by atoms with Gasteiger partial charge in [0.25, 0.3) is 0 Å². The first-order valence-electron chi connectivity index (χ1n) is 6.24. The van der Waals surface area contributed by atoms with Gasteiger partial charge in [-0.25, -0.2) is 0 Å². The van der Waals surface area contributed by atoms with E-state index in [9.17, 15) is 4.79 Å². The molecule has 0 bridgehead atoms. The van der Waals surface area contributed by atoms with Crippen LogP contribution in [0.25, 0.3) is 0 Å². The summed E-state index contributed by atoms with van der Waals surface area (Å²) >= 11 is 0. The summed E-state index contributed by atoms with van der Waals surface area (Å²) in [4.78, 5) is 11.7. The zero-order valence-electron chi connectivity index (χ0n) is 10.7. The van der Waals surface area contributed by atoms with Gasteiger partial charge in [0.1, 0.15) is 5.75 Å². The molecule has 0 heterocycles. The van der Waals surface area contributed by atoms with Crippen LogP contribution in [0.3, 0.4) is 0 Å². The summed E-state index contributed by atoms with van der Waals surface area (Å²) in [6.07, 6.45) is 3.52. The number of unbranched alkanes of at least 4 members (excludes halogenated alkanes) is 1. The van der Waals surface area contributed by atoms with E-state index >= 15 is 0 Å². The molecule has 3 heteroatoms. The van der Waals surface area contributed by atoms with Gasteiger partial charge in [0.2, 0.25) is 0 Å². The highest BCUT2D eigenvalue weighted by Gasteiger charge is 2.07. The number of rotatable bonds is 7. The predicted molar refractivity (Wildman–Crippen MR) is 70.5 cm³/mol. The Morgan fingerprint density at radius 3 is 2.65 bits per heavy atom. The molecule has 0 aromatic heterocycles. The van der Waals surface area contributed by atoms with Gasteiger partial charge in [-0.3, -0.25) is 4.79 Å². The van der Waals surface area contributed by atoms with E-state index in [4.69, 9.17) is 10.5 Å². The number of Topliss-reactive ketones (excluding diaryl/α,β-unsaturated/α-hetero) is 1. The van der Waals surface area contributed by atoms with Crippen molar-refractivity contribution in [1.29, 1.82) is 0 Å². The Hall–Kier alpha value is -1.51. The third kappa shape index (κ3) is 4.10. The highest BCUT2D eigenvalue weighted by atomic mass is 16.5. The molecule has 1 aromatic rings. The first-order chi connectivity index (χ1) is 8.19. The first kappa shape index (κ1) is 13.6. The fraction of sp³-hybridized carbons (Fsp3) is 0.500. The molecule has 0 saturated heterocycles. The lowest BCUT2D eigenvalue weighted by Crippen LogP contribution is -2.03. The van der Waals surface area contributed by atoms with Gasteiger partial charge in [-0.15, -0.1) is 0 Å². The van der Waals surface area contributed by atoms with Crippen LogP contribution < -0.4 is 10.5 Å². The largest absolute Gasteiger partial charge is 0.491 e. The molecule has 0 atom stereocenters. The van der Waals surface area contributed by atoms with Crippen molar-refractivity contribution in [1.82, 2.24) is 0 Å². The molecule has 0 unspecified atom stereocenters. The zero-order valence-corrected chi connectivity index (χ0v) is 10.7. The van der Waals surface area contributed by atoms with Crippen LogP contribution >= 0.6 is 0 Å². The van der Waals surface area contributed by atoms with Gasteiger partial charge in [0, 0.05) is 12.0 Å². The van der Waals surface area contributed by atoms with Crippen LogP contribution in [0.1, 0.15) is 49.9 Å². The minimum atomic E-state index is 0.138. The third-order valence-electron chi connectivity index (χ3n) is 2.56. The molecule has 1 aromatic carbocycles. The zero-order chi connectivity index (χ0) is 12.7. The number of anilines is 1. The monoisotopic (exact) mass is 235 g/mol. The van der Waals surface area contributed by atoms with E-state index in [0.29, 0.717) is 30.0 Å². The van der Waals surface area contributed by atoms with E-state index in [2.05, 4.69) is 6.92 Å². The molecule has 0 amide bonds. The van der Waals surface area contributed by atoms with Crippen LogP contribution in [0, 0.1) is 0 Å². The Kier molecular flexibility index (Phi) is 5.53. The number of benzene rings is 1. The lowest BCUT2D eigenvalue weighted by molar-refractivity contribution is 0.0982. The van der Waals surface area contributed by atoms with Crippen molar-refractivity contribution in [2.45, 2.75) is 39.5 Å². The van der Waals surface area contributed by atoms with Crippen LogP contribution in [0.2, 0.25) is 0 Å². The van der Waals surface area contributed by atoms with Crippen LogP contribution in [-0.2, 0) is 0 Å². The number of nitrogens with two attached hydrogens (primary N) is 1. The molecule has 17 heavy (non-hydrogen) atoms. The van der Waals surface area contributed by atoms with E-state index in [1.807, 2.05) is 6.92 Å². The van der Waals surface area contributed by atoms with Crippen molar-refractivity contribution in [3.63, 3.8) is 0 Å². The Labute approximate surface area is 103 Å². The fourth-order valence-corrected chi connectivity index (χ4v) is 1.55. The molecule has 0 spiro atoms.